The molecule has 1 rings (SSSR count). The van der Waals surface area contributed by atoms with E-state index in [2.05, 4.69) is 26.1 Å². The summed E-state index contributed by atoms with van der Waals surface area (Å²) in [6, 6.07) is 0.748. The molecule has 0 saturated heterocycles. The molecule has 0 heterocycles. The van der Waals surface area contributed by atoms with Crippen LogP contribution in [0.1, 0.15) is 59.3 Å². The fourth-order valence-electron chi connectivity index (χ4n) is 2.84. The van der Waals surface area contributed by atoms with Gasteiger partial charge in [-0.3, -0.25) is 0 Å². The Bertz CT molecular complexity index is 136. The van der Waals surface area contributed by atoms with Gasteiger partial charge in [-0.25, -0.2) is 0 Å². The van der Waals surface area contributed by atoms with Crippen molar-refractivity contribution < 1.29 is 0 Å². The van der Waals surface area contributed by atoms with E-state index in [0.717, 1.165) is 12.6 Å². The number of hydrogen-bond acceptors (Lipinski definition) is 1. The van der Waals surface area contributed by atoms with Crippen LogP contribution in [0.5, 0.6) is 0 Å². The van der Waals surface area contributed by atoms with E-state index in [0.29, 0.717) is 5.41 Å². The van der Waals surface area contributed by atoms with Gasteiger partial charge in [0.25, 0.3) is 0 Å². The molecular weight excluding hydrogens is 158 g/mol. The molecule has 78 valence electrons. The first kappa shape index (κ1) is 11.0. The first-order valence-corrected chi connectivity index (χ1v) is 5.96. The molecule has 0 aromatic carbocycles. The van der Waals surface area contributed by atoms with Crippen molar-refractivity contribution in [3.8, 4) is 0 Å². The first-order chi connectivity index (χ1) is 6.23. The molecule has 1 N–H and O–H groups in total. The molecule has 0 aromatic heterocycles. The van der Waals surface area contributed by atoms with E-state index in [1.165, 1.54) is 38.5 Å². The monoisotopic (exact) mass is 183 g/mol. The van der Waals surface area contributed by atoms with Gasteiger partial charge in [0.05, 0.1) is 0 Å². The van der Waals surface area contributed by atoms with Crippen molar-refractivity contribution in [3.05, 3.63) is 0 Å². The lowest BCUT2D eigenvalue weighted by atomic mass is 9.70. The quantitative estimate of drug-likeness (QED) is 0.705. The molecule has 1 atom stereocenters. The molecule has 0 bridgehead atoms. The van der Waals surface area contributed by atoms with Gasteiger partial charge < -0.3 is 5.32 Å². The van der Waals surface area contributed by atoms with Crippen LogP contribution in [0.3, 0.4) is 0 Å². The fraction of sp³-hybridized carbons (Fsp3) is 1.00. The summed E-state index contributed by atoms with van der Waals surface area (Å²) in [6.07, 6.45) is 8.48. The van der Waals surface area contributed by atoms with Crippen molar-refractivity contribution in [2.45, 2.75) is 65.3 Å². The molecule has 1 nitrogen and oxygen atoms in total. The molecular formula is C12H25N. The van der Waals surface area contributed by atoms with Crippen LogP contribution in [0, 0.1) is 5.41 Å². The van der Waals surface area contributed by atoms with Crippen LogP contribution in [0.2, 0.25) is 0 Å². The van der Waals surface area contributed by atoms with Crippen LogP contribution in [-0.2, 0) is 0 Å². The molecule has 1 aliphatic carbocycles. The minimum Gasteiger partial charge on any atom is -0.314 e. The Kier molecular flexibility index (Phi) is 4.24. The van der Waals surface area contributed by atoms with E-state index in [1.807, 2.05) is 0 Å². The Morgan fingerprint density at radius 1 is 1.15 bits per heavy atom. The number of hydrogen-bond donors (Lipinski definition) is 1. The van der Waals surface area contributed by atoms with Crippen molar-refractivity contribution in [3.63, 3.8) is 0 Å². The molecule has 1 fully saturated rings. The SMILES string of the molecule is CCNC(CC)C1(C)CCCCC1. The van der Waals surface area contributed by atoms with Crippen LogP contribution in [-0.4, -0.2) is 12.6 Å². The Labute approximate surface area is 83.3 Å². The van der Waals surface area contributed by atoms with Crippen LogP contribution < -0.4 is 5.32 Å². The lowest BCUT2D eigenvalue weighted by Crippen LogP contribution is -2.44. The summed E-state index contributed by atoms with van der Waals surface area (Å²) in [5, 5.41) is 3.64. The highest BCUT2D eigenvalue weighted by Crippen LogP contribution is 2.39. The van der Waals surface area contributed by atoms with Crippen LogP contribution in [0.25, 0.3) is 0 Å². The molecule has 1 saturated carbocycles. The van der Waals surface area contributed by atoms with Gasteiger partial charge in [-0.05, 0) is 31.2 Å². The van der Waals surface area contributed by atoms with E-state index in [-0.39, 0.29) is 0 Å². The van der Waals surface area contributed by atoms with Crippen LogP contribution in [0.15, 0.2) is 0 Å². The molecule has 1 aliphatic rings. The normalized spacial score (nSPS) is 24.2. The first-order valence-electron chi connectivity index (χ1n) is 5.96. The lowest BCUT2D eigenvalue weighted by molar-refractivity contribution is 0.142. The highest BCUT2D eigenvalue weighted by Gasteiger charge is 2.33. The van der Waals surface area contributed by atoms with Gasteiger partial charge >= 0.3 is 0 Å². The smallest absolute Gasteiger partial charge is 0.0118 e. The second-order valence-electron chi connectivity index (χ2n) is 4.73. The molecule has 1 unspecified atom stereocenters. The third-order valence-electron chi connectivity index (χ3n) is 3.70. The summed E-state index contributed by atoms with van der Waals surface area (Å²) in [5.74, 6) is 0. The maximum Gasteiger partial charge on any atom is 0.0118 e. The molecule has 0 spiro atoms. The zero-order chi connectivity index (χ0) is 9.73. The fourth-order valence-corrected chi connectivity index (χ4v) is 2.84. The van der Waals surface area contributed by atoms with E-state index in [4.69, 9.17) is 0 Å². The Hall–Kier alpha value is -0.0400. The van der Waals surface area contributed by atoms with Gasteiger partial charge in [-0.1, -0.05) is 40.0 Å². The van der Waals surface area contributed by atoms with E-state index in [9.17, 15) is 0 Å². The third kappa shape index (κ3) is 2.70. The summed E-state index contributed by atoms with van der Waals surface area (Å²) in [6.45, 7) is 8.12. The van der Waals surface area contributed by atoms with Crippen molar-refractivity contribution >= 4 is 0 Å². The second kappa shape index (κ2) is 4.99. The molecule has 13 heavy (non-hydrogen) atoms. The predicted octanol–water partition coefficient (Wildman–Crippen LogP) is 3.34. The number of nitrogens with one attached hydrogen (secondary N) is 1. The summed E-state index contributed by atoms with van der Waals surface area (Å²) < 4.78 is 0. The second-order valence-corrected chi connectivity index (χ2v) is 4.73. The topological polar surface area (TPSA) is 12.0 Å². The maximum atomic E-state index is 3.64. The van der Waals surface area contributed by atoms with E-state index < -0.39 is 0 Å². The minimum absolute atomic E-state index is 0.586. The average Bonchev–Trinajstić information content (AvgIpc) is 2.15. The lowest BCUT2D eigenvalue weighted by Gasteiger charge is -2.41. The average molecular weight is 183 g/mol. The Balaban J connectivity index is 2.52. The summed E-state index contributed by atoms with van der Waals surface area (Å²) in [5.41, 5.74) is 0.586. The Morgan fingerprint density at radius 3 is 2.23 bits per heavy atom. The van der Waals surface area contributed by atoms with Gasteiger partial charge in [0.15, 0.2) is 0 Å². The molecule has 0 radical (unpaired) electrons. The predicted molar refractivity (Wildman–Crippen MR) is 58.9 cm³/mol. The Morgan fingerprint density at radius 2 is 1.77 bits per heavy atom. The van der Waals surface area contributed by atoms with Crippen molar-refractivity contribution in [2.24, 2.45) is 5.41 Å². The maximum absolute atomic E-state index is 3.64. The highest BCUT2D eigenvalue weighted by atomic mass is 14.9. The molecule has 0 aliphatic heterocycles. The van der Waals surface area contributed by atoms with Gasteiger partial charge in [0.2, 0.25) is 0 Å². The zero-order valence-corrected chi connectivity index (χ0v) is 9.53. The standard InChI is InChI=1S/C12H25N/c1-4-11(13-5-2)12(3)9-7-6-8-10-12/h11,13H,4-10H2,1-3H3. The van der Waals surface area contributed by atoms with Crippen molar-refractivity contribution in [1.82, 2.24) is 5.32 Å². The molecule has 1 heteroatoms. The van der Waals surface area contributed by atoms with E-state index in [1.54, 1.807) is 0 Å². The minimum atomic E-state index is 0.586. The zero-order valence-electron chi connectivity index (χ0n) is 9.53. The number of rotatable bonds is 4. The van der Waals surface area contributed by atoms with Crippen LogP contribution in [0.4, 0.5) is 0 Å². The highest BCUT2D eigenvalue weighted by molar-refractivity contribution is 4.88. The summed E-state index contributed by atoms with van der Waals surface area (Å²) in [4.78, 5) is 0. The van der Waals surface area contributed by atoms with Gasteiger partial charge in [-0.15, -0.1) is 0 Å². The third-order valence-corrected chi connectivity index (χ3v) is 3.70. The van der Waals surface area contributed by atoms with Gasteiger partial charge in [-0.2, -0.15) is 0 Å². The van der Waals surface area contributed by atoms with Gasteiger partial charge in [0, 0.05) is 6.04 Å². The van der Waals surface area contributed by atoms with Crippen LogP contribution >= 0.6 is 0 Å². The summed E-state index contributed by atoms with van der Waals surface area (Å²) in [7, 11) is 0. The van der Waals surface area contributed by atoms with Crippen molar-refractivity contribution in [2.75, 3.05) is 6.54 Å². The largest absolute Gasteiger partial charge is 0.314 e. The molecule has 0 amide bonds. The van der Waals surface area contributed by atoms with Gasteiger partial charge in [0.1, 0.15) is 0 Å². The van der Waals surface area contributed by atoms with E-state index >= 15 is 0 Å². The molecule has 0 aromatic rings. The van der Waals surface area contributed by atoms with Crippen molar-refractivity contribution in [1.29, 1.82) is 0 Å². The summed E-state index contributed by atoms with van der Waals surface area (Å²) >= 11 is 0.